The molecule has 1 amide bonds. The van der Waals surface area contributed by atoms with Gasteiger partial charge in [0.15, 0.2) is 5.84 Å². The van der Waals surface area contributed by atoms with Gasteiger partial charge in [-0.2, -0.15) is 0 Å². The van der Waals surface area contributed by atoms with Crippen LogP contribution in [0.25, 0.3) is 0 Å². The van der Waals surface area contributed by atoms with Crippen molar-refractivity contribution in [3.05, 3.63) is 0 Å². The van der Waals surface area contributed by atoms with E-state index in [9.17, 15) is 4.79 Å². The molecule has 18 heavy (non-hydrogen) atoms. The number of amidine groups is 1. The van der Waals surface area contributed by atoms with Crippen LogP contribution in [0.2, 0.25) is 0 Å². The van der Waals surface area contributed by atoms with E-state index in [1.165, 1.54) is 0 Å². The highest BCUT2D eigenvalue weighted by molar-refractivity contribution is 5.83. The maximum absolute atomic E-state index is 11.5. The molecule has 0 aliphatic carbocycles. The van der Waals surface area contributed by atoms with Gasteiger partial charge in [0, 0.05) is 13.1 Å². The van der Waals surface area contributed by atoms with E-state index in [0.29, 0.717) is 19.7 Å². The maximum Gasteiger partial charge on any atom is 0.236 e. The van der Waals surface area contributed by atoms with Crippen molar-refractivity contribution >= 4 is 11.7 Å². The van der Waals surface area contributed by atoms with Crippen LogP contribution in [0.15, 0.2) is 5.16 Å². The van der Waals surface area contributed by atoms with E-state index in [4.69, 9.17) is 15.7 Å². The van der Waals surface area contributed by atoms with E-state index < -0.39 is 6.10 Å². The second-order valence-corrected chi connectivity index (χ2v) is 4.00. The van der Waals surface area contributed by atoms with Gasteiger partial charge in [-0.1, -0.05) is 12.1 Å². The van der Waals surface area contributed by atoms with Crippen LogP contribution in [-0.4, -0.2) is 48.8 Å². The molecule has 106 valence electrons. The average Bonchev–Trinajstić information content (AvgIpc) is 2.39. The summed E-state index contributed by atoms with van der Waals surface area (Å²) >= 11 is 0. The minimum atomic E-state index is -0.443. The molecule has 0 saturated carbocycles. The number of hydrogen-bond acceptors (Lipinski definition) is 5. The first kappa shape index (κ1) is 16.7. The predicted octanol–water partition coefficient (Wildman–Crippen LogP) is -0.358. The zero-order chi connectivity index (χ0) is 14.0. The molecule has 2 unspecified atom stereocenters. The number of hydrogen-bond donors (Lipinski definition) is 4. The number of ether oxygens (including phenoxy) is 1. The lowest BCUT2D eigenvalue weighted by molar-refractivity contribution is -0.122. The van der Waals surface area contributed by atoms with Crippen LogP contribution in [0.3, 0.4) is 0 Å². The van der Waals surface area contributed by atoms with Crippen molar-refractivity contribution in [1.29, 1.82) is 0 Å². The van der Waals surface area contributed by atoms with E-state index in [1.807, 2.05) is 6.92 Å². The molecule has 0 heterocycles. The molecule has 2 atom stereocenters. The zero-order valence-corrected chi connectivity index (χ0v) is 11.3. The molecule has 5 N–H and O–H groups in total. The summed E-state index contributed by atoms with van der Waals surface area (Å²) in [6, 6.07) is -0.265. The lowest BCUT2D eigenvalue weighted by Gasteiger charge is -2.15. The Bertz CT molecular complexity index is 271. The summed E-state index contributed by atoms with van der Waals surface area (Å²) in [6.45, 7) is 7.06. The first-order valence-corrected chi connectivity index (χ1v) is 6.13. The molecular weight excluding hydrogens is 236 g/mol. The molecule has 0 spiro atoms. The SMILES string of the molecule is CCCNC(=O)C(C)NCCOC(C)C(N)=NO. The number of rotatable bonds is 9. The fourth-order valence-corrected chi connectivity index (χ4v) is 1.17. The highest BCUT2D eigenvalue weighted by Gasteiger charge is 2.11. The highest BCUT2D eigenvalue weighted by Crippen LogP contribution is 1.90. The minimum absolute atomic E-state index is 0.0265. The number of carbonyl (C=O) groups excluding carboxylic acids is 1. The van der Waals surface area contributed by atoms with Gasteiger partial charge in [0.1, 0.15) is 6.10 Å². The molecule has 0 saturated heterocycles. The average molecular weight is 260 g/mol. The Hall–Kier alpha value is -1.34. The minimum Gasteiger partial charge on any atom is -0.409 e. The molecular formula is C11H24N4O3. The largest absolute Gasteiger partial charge is 0.409 e. The second-order valence-electron chi connectivity index (χ2n) is 4.00. The van der Waals surface area contributed by atoms with Crippen LogP contribution in [0.1, 0.15) is 27.2 Å². The van der Waals surface area contributed by atoms with Gasteiger partial charge in [0.05, 0.1) is 12.6 Å². The Morgan fingerprint density at radius 1 is 1.44 bits per heavy atom. The van der Waals surface area contributed by atoms with Gasteiger partial charge in [-0.25, -0.2) is 0 Å². The van der Waals surface area contributed by atoms with Gasteiger partial charge in [0.2, 0.25) is 5.91 Å². The molecule has 0 bridgehead atoms. The third-order valence-electron chi connectivity index (χ3n) is 2.39. The fraction of sp³-hybridized carbons (Fsp3) is 0.818. The van der Waals surface area contributed by atoms with Crippen LogP contribution in [-0.2, 0) is 9.53 Å². The topological polar surface area (TPSA) is 109 Å². The van der Waals surface area contributed by atoms with Crippen molar-refractivity contribution in [2.45, 2.75) is 39.3 Å². The summed E-state index contributed by atoms with van der Waals surface area (Å²) in [5, 5.41) is 17.1. The van der Waals surface area contributed by atoms with E-state index in [1.54, 1.807) is 13.8 Å². The summed E-state index contributed by atoms with van der Waals surface area (Å²) in [5.74, 6) is 0.00469. The summed E-state index contributed by atoms with van der Waals surface area (Å²) < 4.78 is 5.30. The Kier molecular flexibility index (Phi) is 8.95. The van der Waals surface area contributed by atoms with Gasteiger partial charge in [0.25, 0.3) is 0 Å². The van der Waals surface area contributed by atoms with Crippen LogP contribution in [0.4, 0.5) is 0 Å². The third-order valence-corrected chi connectivity index (χ3v) is 2.39. The number of nitrogens with two attached hydrogens (primary N) is 1. The van der Waals surface area contributed by atoms with E-state index >= 15 is 0 Å². The number of oxime groups is 1. The molecule has 0 aliphatic heterocycles. The molecule has 0 aliphatic rings. The lowest BCUT2D eigenvalue weighted by atomic mass is 10.3. The Morgan fingerprint density at radius 3 is 2.67 bits per heavy atom. The molecule has 0 radical (unpaired) electrons. The van der Waals surface area contributed by atoms with Crippen LogP contribution >= 0.6 is 0 Å². The highest BCUT2D eigenvalue weighted by atomic mass is 16.5. The molecule has 7 heteroatoms. The smallest absolute Gasteiger partial charge is 0.236 e. The normalized spacial score (nSPS) is 15.2. The van der Waals surface area contributed by atoms with Gasteiger partial charge in [-0.15, -0.1) is 0 Å². The van der Waals surface area contributed by atoms with Gasteiger partial charge in [-0.3, -0.25) is 4.79 Å². The van der Waals surface area contributed by atoms with Crippen LogP contribution < -0.4 is 16.4 Å². The van der Waals surface area contributed by atoms with Gasteiger partial charge >= 0.3 is 0 Å². The predicted molar refractivity (Wildman–Crippen MR) is 69.6 cm³/mol. The maximum atomic E-state index is 11.5. The van der Waals surface area contributed by atoms with E-state index in [2.05, 4.69) is 15.8 Å². The van der Waals surface area contributed by atoms with Crippen LogP contribution in [0, 0.1) is 0 Å². The van der Waals surface area contributed by atoms with E-state index in [-0.39, 0.29) is 17.8 Å². The Labute approximate surface area is 108 Å². The zero-order valence-electron chi connectivity index (χ0n) is 11.3. The standard InChI is InChI=1S/C11H24N4O3/c1-4-5-14-11(16)8(2)13-6-7-18-9(3)10(12)15-17/h8-9,13,17H,4-7H2,1-3H3,(H2,12,15)(H,14,16). The van der Waals surface area contributed by atoms with Crippen molar-refractivity contribution in [2.24, 2.45) is 10.9 Å². The molecule has 0 aromatic carbocycles. The third kappa shape index (κ3) is 7.08. The number of carbonyl (C=O) groups is 1. The molecule has 7 nitrogen and oxygen atoms in total. The first-order chi connectivity index (χ1) is 8.52. The fourth-order valence-electron chi connectivity index (χ4n) is 1.17. The van der Waals surface area contributed by atoms with E-state index in [0.717, 1.165) is 6.42 Å². The van der Waals surface area contributed by atoms with Crippen molar-refractivity contribution < 1.29 is 14.7 Å². The second kappa shape index (κ2) is 9.67. The van der Waals surface area contributed by atoms with Crippen molar-refractivity contribution in [3.8, 4) is 0 Å². The summed E-state index contributed by atoms with van der Waals surface area (Å²) in [6.07, 6.45) is 0.472. The van der Waals surface area contributed by atoms with Crippen molar-refractivity contribution in [1.82, 2.24) is 10.6 Å². The summed E-state index contributed by atoms with van der Waals surface area (Å²) in [4.78, 5) is 11.5. The van der Waals surface area contributed by atoms with Crippen molar-refractivity contribution in [2.75, 3.05) is 19.7 Å². The van der Waals surface area contributed by atoms with Gasteiger partial charge < -0.3 is 26.3 Å². The quantitative estimate of drug-likeness (QED) is 0.149. The lowest BCUT2D eigenvalue weighted by Crippen LogP contribution is -2.44. The summed E-state index contributed by atoms with van der Waals surface area (Å²) in [5.41, 5.74) is 5.35. The number of amides is 1. The summed E-state index contributed by atoms with van der Waals surface area (Å²) in [7, 11) is 0. The molecule has 0 rings (SSSR count). The monoisotopic (exact) mass is 260 g/mol. The van der Waals surface area contributed by atoms with Crippen molar-refractivity contribution in [3.63, 3.8) is 0 Å². The Balaban J connectivity index is 3.68. The molecule has 0 aromatic rings. The Morgan fingerprint density at radius 2 is 2.11 bits per heavy atom. The van der Waals surface area contributed by atoms with Gasteiger partial charge in [-0.05, 0) is 20.3 Å². The number of nitrogens with zero attached hydrogens (tertiary/aromatic N) is 1. The van der Waals surface area contributed by atoms with Crippen LogP contribution in [0.5, 0.6) is 0 Å². The molecule has 0 fully saturated rings. The first-order valence-electron chi connectivity index (χ1n) is 6.13. The number of nitrogens with one attached hydrogen (secondary N) is 2. The molecule has 0 aromatic heterocycles.